The number of ether oxygens (including phenoxy) is 2. The molecule has 1 saturated heterocycles. The van der Waals surface area contributed by atoms with Gasteiger partial charge in [-0.05, 0) is 19.4 Å². The molecule has 37 heavy (non-hydrogen) atoms. The second-order valence-electron chi connectivity index (χ2n) is 9.98. The zero-order valence-electron chi connectivity index (χ0n) is 20.2. The van der Waals surface area contributed by atoms with E-state index in [4.69, 9.17) is 15.2 Å². The number of hydrogen-bond acceptors (Lipinski definition) is 11. The van der Waals surface area contributed by atoms with E-state index in [2.05, 4.69) is 0 Å². The number of fused-ring (bicyclic) bond motifs is 3. The quantitative estimate of drug-likeness (QED) is 0.246. The molecule has 1 heterocycles. The molecule has 8 N–H and O–H groups in total. The van der Waals surface area contributed by atoms with Crippen LogP contribution >= 0.6 is 0 Å². The van der Waals surface area contributed by atoms with Crippen LogP contribution in [-0.4, -0.2) is 72.3 Å². The number of carbonyl (C=O) groups excluding carboxylic acids is 2. The SMILES string of the molecule is CC[C@@]1(O)C[C@@H](O[C@H]2C[C@@H](N)[C@@H](O)[C@@H](C)O2)c2c(O)c3c(c(O)c2[C@H]1O)C(=O)c1cccc(O)c1C3=O. The molecule has 198 valence electrons. The molecule has 2 aromatic rings. The van der Waals surface area contributed by atoms with E-state index in [9.17, 15) is 40.2 Å². The van der Waals surface area contributed by atoms with Gasteiger partial charge in [0.05, 0.1) is 40.6 Å². The van der Waals surface area contributed by atoms with Crippen molar-refractivity contribution in [2.75, 3.05) is 0 Å². The van der Waals surface area contributed by atoms with Crippen molar-refractivity contribution in [3.8, 4) is 17.2 Å². The fourth-order valence-electron chi connectivity index (χ4n) is 5.65. The molecule has 0 spiro atoms. The Labute approximate surface area is 211 Å². The maximum absolute atomic E-state index is 13.4. The molecule has 0 bridgehead atoms. The smallest absolute Gasteiger partial charge is 0.202 e. The highest BCUT2D eigenvalue weighted by molar-refractivity contribution is 6.31. The largest absolute Gasteiger partial charge is 0.507 e. The molecule has 1 aliphatic heterocycles. The fraction of sp³-hybridized carbons (Fsp3) is 0.462. The lowest BCUT2D eigenvalue weighted by Gasteiger charge is -2.44. The number of carbonyl (C=O) groups is 2. The Morgan fingerprint density at radius 3 is 2.35 bits per heavy atom. The van der Waals surface area contributed by atoms with Crippen LogP contribution in [0.2, 0.25) is 0 Å². The molecule has 0 radical (unpaired) electrons. The predicted octanol–water partition coefficient (Wildman–Crippen LogP) is 1.04. The molecule has 0 amide bonds. The van der Waals surface area contributed by atoms with Crippen LogP contribution < -0.4 is 5.73 Å². The molecule has 7 atom stereocenters. The fourth-order valence-corrected chi connectivity index (χ4v) is 5.65. The van der Waals surface area contributed by atoms with Crippen molar-refractivity contribution in [1.82, 2.24) is 0 Å². The van der Waals surface area contributed by atoms with Gasteiger partial charge < -0.3 is 45.8 Å². The molecule has 5 rings (SSSR count). The van der Waals surface area contributed by atoms with Crippen LogP contribution in [-0.2, 0) is 9.47 Å². The lowest BCUT2D eigenvalue weighted by atomic mass is 9.70. The summed E-state index contributed by atoms with van der Waals surface area (Å²) in [4.78, 5) is 26.7. The normalized spacial score (nSPS) is 33.0. The van der Waals surface area contributed by atoms with Crippen LogP contribution in [0.25, 0.3) is 0 Å². The molecular formula is C26H29NO10. The number of rotatable bonds is 3. The minimum absolute atomic E-state index is 0.0223. The third-order valence-electron chi connectivity index (χ3n) is 7.81. The third kappa shape index (κ3) is 3.65. The average Bonchev–Trinajstić information content (AvgIpc) is 2.85. The molecule has 0 aromatic heterocycles. The van der Waals surface area contributed by atoms with Crippen molar-refractivity contribution in [2.24, 2.45) is 5.73 Å². The zero-order valence-corrected chi connectivity index (χ0v) is 20.2. The van der Waals surface area contributed by atoms with Crippen LogP contribution in [0.15, 0.2) is 18.2 Å². The number of ketones is 2. The van der Waals surface area contributed by atoms with Crippen LogP contribution in [0.1, 0.15) is 88.3 Å². The van der Waals surface area contributed by atoms with Crippen molar-refractivity contribution in [2.45, 2.75) is 75.5 Å². The molecule has 0 saturated carbocycles. The number of phenols is 3. The van der Waals surface area contributed by atoms with Gasteiger partial charge in [-0.25, -0.2) is 0 Å². The van der Waals surface area contributed by atoms with Crippen LogP contribution in [0.4, 0.5) is 0 Å². The van der Waals surface area contributed by atoms with Gasteiger partial charge in [-0.2, -0.15) is 0 Å². The van der Waals surface area contributed by atoms with Crippen molar-refractivity contribution >= 4 is 11.6 Å². The van der Waals surface area contributed by atoms with E-state index < -0.39 is 82.3 Å². The minimum atomic E-state index is -1.82. The Balaban J connectivity index is 1.69. The molecule has 2 aliphatic carbocycles. The van der Waals surface area contributed by atoms with E-state index in [0.717, 1.165) is 0 Å². The summed E-state index contributed by atoms with van der Waals surface area (Å²) in [5.41, 5.74) is 2.09. The first kappa shape index (κ1) is 25.6. The van der Waals surface area contributed by atoms with Gasteiger partial charge in [-0.15, -0.1) is 0 Å². The van der Waals surface area contributed by atoms with E-state index in [1.54, 1.807) is 13.8 Å². The van der Waals surface area contributed by atoms with E-state index in [1.165, 1.54) is 18.2 Å². The summed E-state index contributed by atoms with van der Waals surface area (Å²) >= 11 is 0. The first-order valence-electron chi connectivity index (χ1n) is 12.1. The maximum Gasteiger partial charge on any atom is 0.202 e. The zero-order chi connectivity index (χ0) is 27.0. The number of benzene rings is 2. The number of nitrogens with two attached hydrogens (primary N) is 1. The van der Waals surface area contributed by atoms with Gasteiger partial charge in [0.25, 0.3) is 0 Å². The summed E-state index contributed by atoms with van der Waals surface area (Å²) < 4.78 is 11.8. The summed E-state index contributed by atoms with van der Waals surface area (Å²) in [6, 6.07) is 3.20. The van der Waals surface area contributed by atoms with Crippen molar-refractivity contribution in [3.05, 3.63) is 51.6 Å². The standard InChI is InChI=1S/C26H29NO10/c1-3-26(35)8-13(37-14-7-11(27)20(29)9(2)36-14)16-19(25(26)34)24(33)17-18(23(16)32)22(31)15-10(21(17)30)5-4-6-12(15)28/h4-6,9,11,13-14,20,25,28-29,32-35H,3,7-8,27H2,1-2H3/t9-,11-,13-,14+,20+,25-,26-/m1/s1. The van der Waals surface area contributed by atoms with Crippen molar-refractivity contribution in [1.29, 1.82) is 0 Å². The molecular weight excluding hydrogens is 486 g/mol. The first-order valence-corrected chi connectivity index (χ1v) is 12.1. The van der Waals surface area contributed by atoms with Gasteiger partial charge >= 0.3 is 0 Å². The van der Waals surface area contributed by atoms with Crippen LogP contribution in [0.5, 0.6) is 17.2 Å². The lowest BCUT2D eigenvalue weighted by Crippen LogP contribution is -2.52. The van der Waals surface area contributed by atoms with Gasteiger partial charge in [-0.3, -0.25) is 9.59 Å². The molecule has 11 nitrogen and oxygen atoms in total. The summed E-state index contributed by atoms with van der Waals surface area (Å²) in [6.45, 7) is 3.22. The highest BCUT2D eigenvalue weighted by Gasteiger charge is 2.51. The summed E-state index contributed by atoms with van der Waals surface area (Å²) in [6.07, 6.45) is -5.69. The van der Waals surface area contributed by atoms with E-state index in [-0.39, 0.29) is 41.5 Å². The van der Waals surface area contributed by atoms with Gasteiger partial charge in [0.15, 0.2) is 12.1 Å². The Kier molecular flexibility index (Phi) is 6.06. The van der Waals surface area contributed by atoms with Gasteiger partial charge in [0.1, 0.15) is 23.4 Å². The number of aliphatic hydroxyl groups is 3. The Bertz CT molecular complexity index is 1300. The second kappa shape index (κ2) is 8.76. The lowest BCUT2D eigenvalue weighted by molar-refractivity contribution is -0.252. The highest BCUT2D eigenvalue weighted by Crippen LogP contribution is 2.56. The number of aromatic hydroxyl groups is 3. The Morgan fingerprint density at radius 2 is 1.70 bits per heavy atom. The predicted molar refractivity (Wildman–Crippen MR) is 126 cm³/mol. The first-order chi connectivity index (χ1) is 17.4. The molecule has 11 heteroatoms. The van der Waals surface area contributed by atoms with E-state index in [1.807, 2.05) is 0 Å². The number of aliphatic hydroxyl groups excluding tert-OH is 2. The Morgan fingerprint density at radius 1 is 1.05 bits per heavy atom. The van der Waals surface area contributed by atoms with Crippen LogP contribution in [0.3, 0.4) is 0 Å². The summed E-state index contributed by atoms with van der Waals surface area (Å²) in [5.74, 6) is -3.69. The van der Waals surface area contributed by atoms with Gasteiger partial charge in [-0.1, -0.05) is 19.1 Å². The highest BCUT2D eigenvalue weighted by atomic mass is 16.7. The number of phenolic OH excluding ortho intramolecular Hbond substituents is 3. The van der Waals surface area contributed by atoms with Crippen molar-refractivity contribution in [3.63, 3.8) is 0 Å². The van der Waals surface area contributed by atoms with E-state index in [0.29, 0.717) is 0 Å². The molecule has 2 aromatic carbocycles. The topological polar surface area (TPSA) is 200 Å². The molecule has 1 fully saturated rings. The average molecular weight is 516 g/mol. The van der Waals surface area contributed by atoms with Crippen molar-refractivity contribution < 1.29 is 49.7 Å². The molecule has 0 unspecified atom stereocenters. The van der Waals surface area contributed by atoms with Crippen LogP contribution in [0, 0.1) is 0 Å². The Hall–Kier alpha value is -3.06. The summed E-state index contributed by atoms with van der Waals surface area (Å²) in [7, 11) is 0. The van der Waals surface area contributed by atoms with Gasteiger partial charge in [0.2, 0.25) is 5.78 Å². The number of hydrogen-bond donors (Lipinski definition) is 7. The monoisotopic (exact) mass is 515 g/mol. The molecule has 3 aliphatic rings. The van der Waals surface area contributed by atoms with Gasteiger partial charge in [0, 0.05) is 35.6 Å². The van der Waals surface area contributed by atoms with E-state index >= 15 is 0 Å². The third-order valence-corrected chi connectivity index (χ3v) is 7.81. The minimum Gasteiger partial charge on any atom is -0.507 e. The second-order valence-corrected chi connectivity index (χ2v) is 9.98. The summed E-state index contributed by atoms with van der Waals surface area (Å²) in [5, 5.41) is 65.4. The maximum atomic E-state index is 13.4.